The number of hydrogen-bond acceptors (Lipinski definition) is 4. The molecule has 1 aromatic rings. The Hall–Kier alpha value is -1.27. The highest BCUT2D eigenvalue weighted by atomic mass is 32.2. The molecule has 0 aliphatic carbocycles. The standard InChI is InChI=1S/C15H27N3O2S/c1-12(2)7-5-3-4-6-10-18-14-9-8-13(16)11-15(14)21(17,19)20/h8-9,11-12,18H,3-7,10,16H2,1-2H3,(H2,17,19,20). The van der Waals surface area contributed by atoms with Gasteiger partial charge in [0, 0.05) is 12.2 Å². The first-order valence-electron chi connectivity index (χ1n) is 7.47. The van der Waals surface area contributed by atoms with E-state index in [1.165, 1.54) is 25.3 Å². The highest BCUT2D eigenvalue weighted by Gasteiger charge is 2.13. The van der Waals surface area contributed by atoms with Crippen LogP contribution >= 0.6 is 0 Å². The van der Waals surface area contributed by atoms with Gasteiger partial charge in [0.1, 0.15) is 4.90 Å². The minimum absolute atomic E-state index is 0.0577. The minimum atomic E-state index is -3.76. The average molecular weight is 313 g/mol. The third kappa shape index (κ3) is 6.82. The van der Waals surface area contributed by atoms with Crippen molar-refractivity contribution in [1.82, 2.24) is 0 Å². The van der Waals surface area contributed by atoms with Crippen molar-refractivity contribution in [2.45, 2.75) is 50.8 Å². The maximum Gasteiger partial charge on any atom is 0.240 e. The zero-order valence-corrected chi connectivity index (χ0v) is 13.7. The van der Waals surface area contributed by atoms with Gasteiger partial charge in [-0.1, -0.05) is 39.5 Å². The van der Waals surface area contributed by atoms with Gasteiger partial charge in [-0.05, 0) is 30.5 Å². The molecule has 1 aromatic carbocycles. The first-order valence-corrected chi connectivity index (χ1v) is 9.01. The predicted molar refractivity (Wildman–Crippen MR) is 88.6 cm³/mol. The molecule has 0 saturated carbocycles. The van der Waals surface area contributed by atoms with Gasteiger partial charge in [-0.15, -0.1) is 0 Å². The van der Waals surface area contributed by atoms with Gasteiger partial charge in [0.15, 0.2) is 0 Å². The number of nitrogens with two attached hydrogens (primary N) is 2. The van der Waals surface area contributed by atoms with Crippen LogP contribution in [-0.4, -0.2) is 15.0 Å². The molecule has 0 amide bonds. The summed E-state index contributed by atoms with van der Waals surface area (Å²) in [5.74, 6) is 0.759. The third-order valence-electron chi connectivity index (χ3n) is 3.34. The lowest BCUT2D eigenvalue weighted by molar-refractivity contribution is 0.523. The molecule has 120 valence electrons. The van der Waals surface area contributed by atoms with E-state index in [0.29, 0.717) is 11.4 Å². The topological polar surface area (TPSA) is 98.2 Å². The normalized spacial score (nSPS) is 11.8. The van der Waals surface area contributed by atoms with Gasteiger partial charge < -0.3 is 11.1 Å². The molecule has 0 aliphatic rings. The molecule has 0 bridgehead atoms. The van der Waals surface area contributed by atoms with Crippen LogP contribution in [0.3, 0.4) is 0 Å². The number of rotatable bonds is 9. The van der Waals surface area contributed by atoms with Gasteiger partial charge in [0.2, 0.25) is 10.0 Å². The Morgan fingerprint density at radius 3 is 2.43 bits per heavy atom. The summed E-state index contributed by atoms with van der Waals surface area (Å²) in [4.78, 5) is 0.0577. The first kappa shape index (κ1) is 17.8. The molecule has 0 aliphatic heterocycles. The molecule has 0 heterocycles. The van der Waals surface area contributed by atoms with Crippen LogP contribution in [0.15, 0.2) is 23.1 Å². The lowest BCUT2D eigenvalue weighted by Crippen LogP contribution is -2.16. The molecule has 0 unspecified atom stereocenters. The van der Waals surface area contributed by atoms with Crippen molar-refractivity contribution in [2.24, 2.45) is 11.1 Å². The summed E-state index contributed by atoms with van der Waals surface area (Å²) in [6.07, 6.45) is 5.87. The molecule has 21 heavy (non-hydrogen) atoms. The fourth-order valence-corrected chi connectivity index (χ4v) is 2.92. The summed E-state index contributed by atoms with van der Waals surface area (Å²) in [5, 5.41) is 8.33. The van der Waals surface area contributed by atoms with Crippen molar-refractivity contribution >= 4 is 21.4 Å². The molecule has 0 radical (unpaired) electrons. The van der Waals surface area contributed by atoms with E-state index in [4.69, 9.17) is 10.9 Å². The van der Waals surface area contributed by atoms with Crippen LogP contribution in [0, 0.1) is 5.92 Å². The number of hydrogen-bond donors (Lipinski definition) is 3. The second-order valence-corrected chi connectivity index (χ2v) is 7.35. The number of primary sulfonamides is 1. The van der Waals surface area contributed by atoms with E-state index in [0.717, 1.165) is 25.3 Å². The smallest absolute Gasteiger partial charge is 0.240 e. The highest BCUT2D eigenvalue weighted by Crippen LogP contribution is 2.22. The van der Waals surface area contributed by atoms with Crippen LogP contribution in [0.25, 0.3) is 0 Å². The average Bonchev–Trinajstić information content (AvgIpc) is 2.37. The largest absolute Gasteiger partial charge is 0.399 e. The van der Waals surface area contributed by atoms with E-state index in [2.05, 4.69) is 19.2 Å². The number of benzene rings is 1. The lowest BCUT2D eigenvalue weighted by atomic mass is 10.0. The van der Waals surface area contributed by atoms with E-state index < -0.39 is 10.0 Å². The Morgan fingerprint density at radius 1 is 1.14 bits per heavy atom. The van der Waals surface area contributed by atoms with Crippen molar-refractivity contribution in [2.75, 3.05) is 17.6 Å². The number of nitrogen functional groups attached to an aromatic ring is 1. The highest BCUT2D eigenvalue weighted by molar-refractivity contribution is 7.89. The number of sulfonamides is 1. The van der Waals surface area contributed by atoms with E-state index in [9.17, 15) is 8.42 Å². The molecule has 6 heteroatoms. The van der Waals surface area contributed by atoms with Gasteiger partial charge >= 0.3 is 0 Å². The Bertz CT molecular complexity index is 542. The van der Waals surface area contributed by atoms with Gasteiger partial charge in [0.05, 0.1) is 5.69 Å². The Labute approximate surface area is 128 Å². The van der Waals surface area contributed by atoms with Crippen LogP contribution < -0.4 is 16.2 Å². The summed E-state index contributed by atoms with van der Waals surface area (Å²) in [5.41, 5.74) is 6.52. The summed E-state index contributed by atoms with van der Waals surface area (Å²) >= 11 is 0. The van der Waals surface area contributed by atoms with E-state index >= 15 is 0 Å². The van der Waals surface area contributed by atoms with Crippen molar-refractivity contribution in [1.29, 1.82) is 0 Å². The van der Waals surface area contributed by atoms with E-state index in [1.54, 1.807) is 12.1 Å². The van der Waals surface area contributed by atoms with E-state index in [-0.39, 0.29) is 4.90 Å². The minimum Gasteiger partial charge on any atom is -0.399 e. The molecule has 0 atom stereocenters. The zero-order valence-electron chi connectivity index (χ0n) is 12.9. The molecule has 0 saturated heterocycles. The molecular weight excluding hydrogens is 286 g/mol. The zero-order chi connectivity index (χ0) is 15.9. The second-order valence-electron chi connectivity index (χ2n) is 5.82. The van der Waals surface area contributed by atoms with Crippen LogP contribution in [0.2, 0.25) is 0 Å². The molecule has 5 N–H and O–H groups in total. The monoisotopic (exact) mass is 313 g/mol. The lowest BCUT2D eigenvalue weighted by Gasteiger charge is -2.11. The Balaban J connectivity index is 2.42. The molecular formula is C15H27N3O2S. The van der Waals surface area contributed by atoms with Crippen molar-refractivity contribution in [3.05, 3.63) is 18.2 Å². The molecule has 0 spiro atoms. The van der Waals surface area contributed by atoms with Crippen LogP contribution in [0.5, 0.6) is 0 Å². The quantitative estimate of drug-likeness (QED) is 0.482. The fourth-order valence-electron chi connectivity index (χ4n) is 2.17. The fraction of sp³-hybridized carbons (Fsp3) is 0.600. The van der Waals surface area contributed by atoms with Gasteiger partial charge in [-0.2, -0.15) is 0 Å². The van der Waals surface area contributed by atoms with Crippen molar-refractivity contribution in [3.8, 4) is 0 Å². The van der Waals surface area contributed by atoms with Gasteiger partial charge in [0.25, 0.3) is 0 Å². The third-order valence-corrected chi connectivity index (χ3v) is 4.29. The molecule has 5 nitrogen and oxygen atoms in total. The van der Waals surface area contributed by atoms with Crippen molar-refractivity contribution < 1.29 is 8.42 Å². The SMILES string of the molecule is CC(C)CCCCCCNc1ccc(N)cc1S(N)(=O)=O. The number of anilines is 2. The Morgan fingerprint density at radius 2 is 1.81 bits per heavy atom. The first-order chi connectivity index (χ1) is 9.80. The summed E-state index contributed by atoms with van der Waals surface area (Å²) in [7, 11) is -3.76. The summed E-state index contributed by atoms with van der Waals surface area (Å²) < 4.78 is 23.1. The maximum atomic E-state index is 11.5. The maximum absolute atomic E-state index is 11.5. The van der Waals surface area contributed by atoms with Crippen molar-refractivity contribution in [3.63, 3.8) is 0 Å². The molecule has 0 fully saturated rings. The second kappa shape index (κ2) is 8.24. The molecule has 1 rings (SSSR count). The Kier molecular flexibility index (Phi) is 6.98. The predicted octanol–water partition coefficient (Wildman–Crippen LogP) is 2.93. The summed E-state index contributed by atoms with van der Waals surface area (Å²) in [6.45, 7) is 5.20. The van der Waals surface area contributed by atoms with E-state index in [1.807, 2.05) is 0 Å². The number of nitrogens with one attached hydrogen (secondary N) is 1. The number of unbranched alkanes of at least 4 members (excludes halogenated alkanes) is 3. The molecule has 0 aromatic heterocycles. The van der Waals surface area contributed by atoms with Crippen LogP contribution in [-0.2, 0) is 10.0 Å². The summed E-state index contributed by atoms with van der Waals surface area (Å²) in [6, 6.07) is 4.72. The van der Waals surface area contributed by atoms with Gasteiger partial charge in [-0.3, -0.25) is 0 Å². The van der Waals surface area contributed by atoms with Crippen LogP contribution in [0.1, 0.15) is 46.0 Å². The van der Waals surface area contributed by atoms with Crippen LogP contribution in [0.4, 0.5) is 11.4 Å². The van der Waals surface area contributed by atoms with Gasteiger partial charge in [-0.25, -0.2) is 13.6 Å².